The third-order valence-electron chi connectivity index (χ3n) is 5.77. The lowest BCUT2D eigenvalue weighted by molar-refractivity contribution is 0.630. The molecule has 2 aromatic heterocycles. The molecule has 0 saturated carbocycles. The van der Waals surface area contributed by atoms with Gasteiger partial charge in [0.05, 0.1) is 23.3 Å². The van der Waals surface area contributed by atoms with Gasteiger partial charge in [-0.05, 0) is 30.7 Å². The van der Waals surface area contributed by atoms with Crippen molar-refractivity contribution in [3.63, 3.8) is 0 Å². The van der Waals surface area contributed by atoms with Crippen LogP contribution < -0.4 is 10.4 Å². The van der Waals surface area contributed by atoms with Crippen molar-refractivity contribution in [1.82, 2.24) is 13.9 Å². The third-order valence-corrected chi connectivity index (χ3v) is 6.93. The lowest BCUT2D eigenvalue weighted by atomic mass is 10.1. The van der Waals surface area contributed by atoms with Gasteiger partial charge < -0.3 is 0 Å². The van der Waals surface area contributed by atoms with Crippen LogP contribution in [0.5, 0.6) is 0 Å². The Morgan fingerprint density at radius 2 is 1.57 bits per heavy atom. The van der Waals surface area contributed by atoms with Gasteiger partial charge in [0, 0.05) is 23.0 Å². The van der Waals surface area contributed by atoms with Gasteiger partial charge in [0.15, 0.2) is 0 Å². The van der Waals surface area contributed by atoms with Crippen LogP contribution in [0.2, 0.25) is 5.02 Å². The molecule has 0 bridgehead atoms. The van der Waals surface area contributed by atoms with E-state index in [-0.39, 0.29) is 5.56 Å². The van der Waals surface area contributed by atoms with E-state index in [2.05, 4.69) is 10.2 Å². The Bertz CT molecular complexity index is 1640. The van der Waals surface area contributed by atoms with Crippen LogP contribution >= 0.6 is 22.9 Å². The van der Waals surface area contributed by atoms with Gasteiger partial charge in [-0.3, -0.25) is 14.0 Å². The Morgan fingerprint density at radius 3 is 2.29 bits per heavy atom. The van der Waals surface area contributed by atoms with Crippen LogP contribution in [0.15, 0.2) is 105 Å². The molecule has 0 saturated heterocycles. The summed E-state index contributed by atoms with van der Waals surface area (Å²) in [5.41, 5.74) is 4.62. The van der Waals surface area contributed by atoms with Crippen LogP contribution in [-0.4, -0.2) is 20.1 Å². The maximum Gasteiger partial charge on any atom is 0.296 e. The fourth-order valence-electron chi connectivity index (χ4n) is 3.94. The zero-order chi connectivity index (χ0) is 24.4. The van der Waals surface area contributed by atoms with E-state index in [1.807, 2.05) is 107 Å². The molecule has 0 radical (unpaired) electrons. The Labute approximate surface area is 211 Å². The summed E-state index contributed by atoms with van der Waals surface area (Å²) in [5, 5.41) is 11.4. The Kier molecular flexibility index (Phi) is 6.35. The van der Waals surface area contributed by atoms with E-state index in [4.69, 9.17) is 11.6 Å². The maximum absolute atomic E-state index is 13.8. The molecule has 0 fully saturated rings. The predicted molar refractivity (Wildman–Crippen MR) is 143 cm³/mol. The standard InChI is InChI=1S/C27H22ClN5OS/c1-19-25(26(34)33(31(19)2)22-14-7-4-8-15-22)32-24(20-11-5-3-6-12-20)18-35-27(32)30-29-17-21-13-9-10-16-23(21)28/h3-18H,1-2H3/b29-17-,30-27-. The van der Waals surface area contributed by atoms with Gasteiger partial charge in [-0.15, -0.1) is 16.4 Å². The summed E-state index contributed by atoms with van der Waals surface area (Å²) in [7, 11) is 1.88. The molecule has 35 heavy (non-hydrogen) atoms. The molecule has 0 aliphatic rings. The minimum atomic E-state index is -0.136. The average molecular weight is 500 g/mol. The Balaban J connectivity index is 1.74. The summed E-state index contributed by atoms with van der Waals surface area (Å²) < 4.78 is 5.42. The summed E-state index contributed by atoms with van der Waals surface area (Å²) in [6.07, 6.45) is 1.62. The summed E-state index contributed by atoms with van der Waals surface area (Å²) in [5.74, 6) is 0. The largest absolute Gasteiger partial charge is 0.296 e. The molecular weight excluding hydrogens is 478 g/mol. The molecule has 0 unspecified atom stereocenters. The normalized spacial score (nSPS) is 12.0. The van der Waals surface area contributed by atoms with Crippen LogP contribution in [0.25, 0.3) is 22.6 Å². The van der Waals surface area contributed by atoms with Crippen molar-refractivity contribution < 1.29 is 0 Å². The second-order valence-electron chi connectivity index (χ2n) is 7.88. The molecule has 0 spiro atoms. The molecule has 6 nitrogen and oxygen atoms in total. The number of benzene rings is 3. The van der Waals surface area contributed by atoms with Gasteiger partial charge in [0.25, 0.3) is 5.56 Å². The van der Waals surface area contributed by atoms with Crippen LogP contribution in [0, 0.1) is 6.92 Å². The van der Waals surface area contributed by atoms with Gasteiger partial charge in [-0.2, -0.15) is 5.10 Å². The fraction of sp³-hybridized carbons (Fsp3) is 0.0741. The van der Waals surface area contributed by atoms with Gasteiger partial charge >= 0.3 is 0 Å². The molecule has 0 aliphatic heterocycles. The number of hydrogen-bond acceptors (Lipinski definition) is 4. The average Bonchev–Trinajstić information content (AvgIpc) is 3.38. The predicted octanol–water partition coefficient (Wildman–Crippen LogP) is 5.59. The molecule has 0 aliphatic carbocycles. The lowest BCUT2D eigenvalue weighted by Gasteiger charge is -2.08. The summed E-state index contributed by atoms with van der Waals surface area (Å²) in [4.78, 5) is 14.4. The molecule has 8 heteroatoms. The molecule has 5 aromatic rings. The second kappa shape index (κ2) is 9.74. The van der Waals surface area contributed by atoms with E-state index in [1.165, 1.54) is 11.3 Å². The minimum Gasteiger partial charge on any atom is -0.283 e. The molecule has 174 valence electrons. The number of para-hydroxylation sites is 1. The highest BCUT2D eigenvalue weighted by molar-refractivity contribution is 7.07. The van der Waals surface area contributed by atoms with Crippen molar-refractivity contribution in [2.24, 2.45) is 17.3 Å². The first-order chi connectivity index (χ1) is 17.1. The second-order valence-corrected chi connectivity index (χ2v) is 9.12. The van der Waals surface area contributed by atoms with Crippen molar-refractivity contribution in [1.29, 1.82) is 0 Å². The molecule has 0 atom stereocenters. The molecule has 2 heterocycles. The first kappa shape index (κ1) is 22.8. The lowest BCUT2D eigenvalue weighted by Crippen LogP contribution is -2.24. The molecule has 0 amide bonds. The number of hydrogen-bond donors (Lipinski definition) is 0. The highest BCUT2D eigenvalue weighted by Crippen LogP contribution is 2.24. The monoisotopic (exact) mass is 499 g/mol. The minimum absolute atomic E-state index is 0.136. The van der Waals surface area contributed by atoms with E-state index in [0.717, 1.165) is 28.2 Å². The highest BCUT2D eigenvalue weighted by Gasteiger charge is 2.21. The molecule has 5 rings (SSSR count). The number of rotatable bonds is 5. The summed E-state index contributed by atoms with van der Waals surface area (Å²) in [6, 6.07) is 27.0. The van der Waals surface area contributed by atoms with E-state index in [0.29, 0.717) is 15.5 Å². The van der Waals surface area contributed by atoms with Gasteiger partial charge in [0.2, 0.25) is 4.80 Å². The summed E-state index contributed by atoms with van der Waals surface area (Å²) >= 11 is 7.68. The maximum atomic E-state index is 13.8. The van der Waals surface area contributed by atoms with Crippen LogP contribution in [0.3, 0.4) is 0 Å². The number of nitrogens with zero attached hydrogens (tertiary/aromatic N) is 5. The van der Waals surface area contributed by atoms with Crippen molar-refractivity contribution in [2.45, 2.75) is 6.92 Å². The van der Waals surface area contributed by atoms with Crippen LogP contribution in [0.4, 0.5) is 0 Å². The third kappa shape index (κ3) is 4.32. The Morgan fingerprint density at radius 1 is 0.914 bits per heavy atom. The smallest absolute Gasteiger partial charge is 0.283 e. The first-order valence-corrected chi connectivity index (χ1v) is 12.2. The van der Waals surface area contributed by atoms with Gasteiger partial charge in [0.1, 0.15) is 5.69 Å². The van der Waals surface area contributed by atoms with Crippen LogP contribution in [-0.2, 0) is 7.05 Å². The number of aromatic nitrogens is 3. The SMILES string of the molecule is Cc1c(-n2c(-c3ccccc3)cs/c2=N\N=C/c2ccccc2Cl)c(=O)n(-c2ccccc2)n1C. The van der Waals surface area contributed by atoms with Gasteiger partial charge in [-0.1, -0.05) is 78.3 Å². The van der Waals surface area contributed by atoms with Crippen LogP contribution in [0.1, 0.15) is 11.3 Å². The van der Waals surface area contributed by atoms with Crippen molar-refractivity contribution in [3.8, 4) is 22.6 Å². The first-order valence-electron chi connectivity index (χ1n) is 11.0. The number of halogens is 1. The van der Waals surface area contributed by atoms with Crippen molar-refractivity contribution in [3.05, 3.63) is 122 Å². The van der Waals surface area contributed by atoms with Gasteiger partial charge in [-0.25, -0.2) is 4.68 Å². The quantitative estimate of drug-likeness (QED) is 0.229. The number of thiazole rings is 1. The zero-order valence-electron chi connectivity index (χ0n) is 19.2. The highest BCUT2D eigenvalue weighted by atomic mass is 35.5. The molecule has 0 N–H and O–H groups in total. The topological polar surface area (TPSA) is 56.6 Å². The summed E-state index contributed by atoms with van der Waals surface area (Å²) in [6.45, 7) is 1.94. The molecular formula is C27H22ClN5OS. The van der Waals surface area contributed by atoms with E-state index < -0.39 is 0 Å². The van der Waals surface area contributed by atoms with E-state index >= 15 is 0 Å². The van der Waals surface area contributed by atoms with E-state index in [1.54, 1.807) is 17.0 Å². The van der Waals surface area contributed by atoms with E-state index in [9.17, 15) is 4.79 Å². The Hall–Kier alpha value is -3.94. The van der Waals surface area contributed by atoms with Crippen molar-refractivity contribution in [2.75, 3.05) is 0 Å². The zero-order valence-corrected chi connectivity index (χ0v) is 20.7. The van der Waals surface area contributed by atoms with Crippen molar-refractivity contribution >= 4 is 29.2 Å². The fourth-order valence-corrected chi connectivity index (χ4v) is 4.97. The molecule has 3 aromatic carbocycles.